The van der Waals surface area contributed by atoms with Gasteiger partial charge in [0, 0.05) is 11.1 Å². The molecule has 2 N–H and O–H groups in total. The van der Waals surface area contributed by atoms with Crippen LogP contribution in [0, 0.1) is 18.7 Å². The number of carbonyl (C=O) groups excluding carboxylic acids is 1. The predicted octanol–water partition coefficient (Wildman–Crippen LogP) is 4.10. The fraction of sp³-hybridized carbons (Fsp3) is 0.412. The van der Waals surface area contributed by atoms with Crippen LogP contribution in [-0.4, -0.2) is 11.0 Å². The van der Waals surface area contributed by atoms with E-state index >= 15 is 0 Å². The summed E-state index contributed by atoms with van der Waals surface area (Å²) < 4.78 is 13.0. The Hall–Kier alpha value is -1.95. The van der Waals surface area contributed by atoms with Crippen LogP contribution in [0.5, 0.6) is 0 Å². The summed E-state index contributed by atoms with van der Waals surface area (Å²) in [4.78, 5) is 16.8. The highest BCUT2D eigenvalue weighted by Gasteiger charge is 2.35. The molecule has 1 fully saturated rings. The van der Waals surface area contributed by atoms with Crippen LogP contribution < -0.4 is 10.6 Å². The average Bonchev–Trinajstić information content (AvgIpc) is 3.27. The van der Waals surface area contributed by atoms with Crippen LogP contribution in [0.25, 0.3) is 0 Å². The topological polar surface area (TPSA) is 54.0 Å². The van der Waals surface area contributed by atoms with Gasteiger partial charge in [-0.3, -0.25) is 0 Å². The van der Waals surface area contributed by atoms with Gasteiger partial charge in [0.2, 0.25) is 0 Å². The molecule has 0 radical (unpaired) electrons. The zero-order valence-corrected chi connectivity index (χ0v) is 14.0. The molecular formula is C17H20FN3OS. The van der Waals surface area contributed by atoms with Gasteiger partial charge in [0.05, 0.1) is 12.1 Å². The fourth-order valence-corrected chi connectivity index (χ4v) is 3.48. The van der Waals surface area contributed by atoms with Crippen molar-refractivity contribution in [3.05, 3.63) is 51.7 Å². The summed E-state index contributed by atoms with van der Waals surface area (Å²) in [6.45, 7) is 3.84. The SMILES string of the molecule is Cc1csc(C(NC(=O)NC(C)c2ccc(F)cc2)C2CC2)n1. The van der Waals surface area contributed by atoms with Crippen LogP contribution in [0.4, 0.5) is 9.18 Å². The van der Waals surface area contributed by atoms with E-state index in [1.807, 2.05) is 19.2 Å². The van der Waals surface area contributed by atoms with Crippen molar-refractivity contribution in [2.75, 3.05) is 0 Å². The van der Waals surface area contributed by atoms with Crippen molar-refractivity contribution in [2.24, 2.45) is 5.92 Å². The molecule has 1 aromatic carbocycles. The standard InChI is InChI=1S/C17H20FN3OS/c1-10-9-23-16(19-10)15(13-3-4-13)21-17(22)20-11(2)12-5-7-14(18)8-6-12/h5-9,11,13,15H,3-4H2,1-2H3,(H2,20,21,22). The average molecular weight is 333 g/mol. The van der Waals surface area contributed by atoms with Crippen LogP contribution in [0.1, 0.15) is 48.1 Å². The molecule has 1 saturated carbocycles. The number of urea groups is 1. The monoisotopic (exact) mass is 333 g/mol. The third kappa shape index (κ3) is 4.07. The number of nitrogens with zero attached hydrogens (tertiary/aromatic N) is 1. The molecule has 0 saturated heterocycles. The fourth-order valence-electron chi connectivity index (χ4n) is 2.54. The van der Waals surface area contributed by atoms with Gasteiger partial charge in [-0.25, -0.2) is 14.2 Å². The number of thiazole rings is 1. The minimum absolute atomic E-state index is 0.0193. The Kier molecular flexibility index (Phi) is 4.61. The Morgan fingerprint density at radius 1 is 1.30 bits per heavy atom. The van der Waals surface area contributed by atoms with Crippen molar-refractivity contribution in [3.8, 4) is 0 Å². The van der Waals surface area contributed by atoms with E-state index in [0.717, 1.165) is 29.1 Å². The lowest BCUT2D eigenvalue weighted by molar-refractivity contribution is 0.232. The molecule has 23 heavy (non-hydrogen) atoms. The van der Waals surface area contributed by atoms with E-state index in [1.165, 1.54) is 12.1 Å². The van der Waals surface area contributed by atoms with Crippen LogP contribution in [0.3, 0.4) is 0 Å². The quantitative estimate of drug-likeness (QED) is 0.865. The number of aryl methyl sites for hydroxylation is 1. The Morgan fingerprint density at radius 2 is 2.00 bits per heavy atom. The molecule has 0 bridgehead atoms. The Labute approximate surface area is 139 Å². The van der Waals surface area contributed by atoms with Crippen molar-refractivity contribution < 1.29 is 9.18 Å². The molecule has 0 aliphatic heterocycles. The third-order valence-corrected chi connectivity index (χ3v) is 5.05. The van der Waals surface area contributed by atoms with Crippen molar-refractivity contribution in [2.45, 2.75) is 38.8 Å². The van der Waals surface area contributed by atoms with Gasteiger partial charge in [-0.1, -0.05) is 12.1 Å². The summed E-state index contributed by atoms with van der Waals surface area (Å²) in [5.74, 6) is 0.200. The molecule has 2 atom stereocenters. The highest BCUT2D eigenvalue weighted by molar-refractivity contribution is 7.09. The molecule has 1 aliphatic rings. The minimum Gasteiger partial charge on any atom is -0.332 e. The number of hydrogen-bond acceptors (Lipinski definition) is 3. The molecule has 2 aromatic rings. The third-order valence-electron chi connectivity index (χ3n) is 4.00. The number of halogens is 1. The van der Waals surface area contributed by atoms with Gasteiger partial charge >= 0.3 is 6.03 Å². The number of rotatable bonds is 5. The Balaban J connectivity index is 1.62. The number of nitrogens with one attached hydrogen (secondary N) is 2. The maximum absolute atomic E-state index is 13.0. The first kappa shape index (κ1) is 15.9. The first-order valence-corrected chi connectivity index (χ1v) is 8.65. The van der Waals surface area contributed by atoms with Crippen molar-refractivity contribution in [1.29, 1.82) is 0 Å². The molecule has 3 rings (SSSR count). The van der Waals surface area contributed by atoms with Gasteiger partial charge in [-0.15, -0.1) is 11.3 Å². The number of benzene rings is 1. The molecule has 1 aliphatic carbocycles. The molecule has 122 valence electrons. The first-order chi connectivity index (χ1) is 11.0. The highest BCUT2D eigenvalue weighted by atomic mass is 32.1. The van der Waals surface area contributed by atoms with Crippen LogP contribution in [0.15, 0.2) is 29.6 Å². The van der Waals surface area contributed by atoms with Gasteiger partial charge in [-0.05, 0) is 50.3 Å². The van der Waals surface area contributed by atoms with Crippen molar-refractivity contribution >= 4 is 17.4 Å². The van der Waals surface area contributed by atoms with E-state index in [9.17, 15) is 9.18 Å². The normalized spacial score (nSPS) is 16.7. The highest BCUT2D eigenvalue weighted by Crippen LogP contribution is 2.41. The van der Waals surface area contributed by atoms with Gasteiger partial charge in [0.15, 0.2) is 0 Å². The lowest BCUT2D eigenvalue weighted by Crippen LogP contribution is -2.39. The smallest absolute Gasteiger partial charge is 0.315 e. The van der Waals surface area contributed by atoms with E-state index < -0.39 is 0 Å². The minimum atomic E-state index is -0.279. The maximum Gasteiger partial charge on any atom is 0.315 e. The number of hydrogen-bond donors (Lipinski definition) is 2. The first-order valence-electron chi connectivity index (χ1n) is 7.77. The van der Waals surface area contributed by atoms with E-state index in [2.05, 4.69) is 15.6 Å². The predicted molar refractivity (Wildman–Crippen MR) is 88.8 cm³/mol. The van der Waals surface area contributed by atoms with Crippen LogP contribution in [-0.2, 0) is 0 Å². The number of aromatic nitrogens is 1. The molecule has 2 unspecified atom stereocenters. The second-order valence-corrected chi connectivity index (χ2v) is 6.92. The zero-order valence-electron chi connectivity index (χ0n) is 13.2. The van der Waals surface area contributed by atoms with Gasteiger partial charge in [0.1, 0.15) is 10.8 Å². The molecule has 0 spiro atoms. The maximum atomic E-state index is 13.0. The van der Waals surface area contributed by atoms with Crippen molar-refractivity contribution in [3.63, 3.8) is 0 Å². The Bertz CT molecular complexity index is 681. The van der Waals surface area contributed by atoms with Gasteiger partial charge < -0.3 is 10.6 Å². The summed E-state index contributed by atoms with van der Waals surface area (Å²) >= 11 is 1.59. The van der Waals surface area contributed by atoms with Crippen LogP contribution >= 0.6 is 11.3 Å². The van der Waals surface area contributed by atoms with E-state index in [0.29, 0.717) is 5.92 Å². The molecule has 1 aromatic heterocycles. The van der Waals surface area contributed by atoms with E-state index in [-0.39, 0.29) is 23.9 Å². The van der Waals surface area contributed by atoms with Gasteiger partial charge in [0.25, 0.3) is 0 Å². The molecule has 4 nitrogen and oxygen atoms in total. The summed E-state index contributed by atoms with van der Waals surface area (Å²) in [6.07, 6.45) is 2.24. The lowest BCUT2D eigenvalue weighted by atomic mass is 10.1. The number of amides is 2. The zero-order chi connectivity index (χ0) is 16.4. The molecule has 1 heterocycles. The summed E-state index contributed by atoms with van der Waals surface area (Å²) in [5, 5.41) is 8.93. The van der Waals surface area contributed by atoms with Gasteiger partial charge in [-0.2, -0.15) is 0 Å². The number of carbonyl (C=O) groups is 1. The molecule has 6 heteroatoms. The van der Waals surface area contributed by atoms with E-state index in [4.69, 9.17) is 0 Å². The van der Waals surface area contributed by atoms with E-state index in [1.54, 1.807) is 23.5 Å². The molecular weight excluding hydrogens is 313 g/mol. The Morgan fingerprint density at radius 3 is 2.57 bits per heavy atom. The summed E-state index contributed by atoms with van der Waals surface area (Å²) in [5.41, 5.74) is 1.85. The largest absolute Gasteiger partial charge is 0.332 e. The molecule has 2 amide bonds. The van der Waals surface area contributed by atoms with Crippen molar-refractivity contribution in [1.82, 2.24) is 15.6 Å². The second-order valence-electron chi connectivity index (χ2n) is 6.03. The summed E-state index contributed by atoms with van der Waals surface area (Å²) in [7, 11) is 0. The van der Waals surface area contributed by atoms with Crippen LogP contribution in [0.2, 0.25) is 0 Å². The summed E-state index contributed by atoms with van der Waals surface area (Å²) in [6, 6.07) is 5.74. The lowest BCUT2D eigenvalue weighted by Gasteiger charge is -2.19. The second kappa shape index (κ2) is 6.66.